The number of thiazole rings is 1. The normalized spacial score (nSPS) is 25.8. The molecule has 0 bridgehead atoms. The number of aromatic nitrogens is 1. The van der Waals surface area contributed by atoms with Crippen LogP contribution in [-0.4, -0.2) is 68.9 Å². The molecule has 1 fully saturated rings. The van der Waals surface area contributed by atoms with E-state index in [9.17, 15) is 20.4 Å². The summed E-state index contributed by atoms with van der Waals surface area (Å²) in [4.78, 5) is 8.90. The van der Waals surface area contributed by atoms with Crippen molar-refractivity contribution < 1.29 is 29.9 Å². The van der Waals surface area contributed by atoms with Gasteiger partial charge in [0.05, 0.1) is 12.3 Å². The molecule has 1 aliphatic rings. The first-order valence-electron chi connectivity index (χ1n) is 9.77. The zero-order valence-electron chi connectivity index (χ0n) is 16.7. The lowest BCUT2D eigenvalue weighted by molar-refractivity contribution is -0.277. The number of ether oxygens (including phenoxy) is 2. The van der Waals surface area contributed by atoms with Crippen LogP contribution in [0.3, 0.4) is 0 Å². The van der Waals surface area contributed by atoms with Crippen LogP contribution in [0.5, 0.6) is 5.75 Å². The van der Waals surface area contributed by atoms with E-state index < -0.39 is 37.3 Å². The first kappa shape index (κ1) is 22.8. The van der Waals surface area contributed by atoms with Gasteiger partial charge in [-0.05, 0) is 42.0 Å². The molecule has 2 heterocycles. The van der Waals surface area contributed by atoms with E-state index >= 15 is 0 Å². The average molecular weight is 477 g/mol. The number of nitrogens with zero attached hydrogens (tertiary/aromatic N) is 2. The Morgan fingerprint density at radius 1 is 1.03 bits per heavy atom. The van der Waals surface area contributed by atoms with Crippen molar-refractivity contribution in [2.24, 2.45) is 4.99 Å². The Morgan fingerprint density at radius 2 is 1.75 bits per heavy atom. The number of aliphatic imine (C=N–C) groups is 1. The van der Waals surface area contributed by atoms with Crippen LogP contribution in [0.15, 0.2) is 58.9 Å². The number of aliphatic hydroxyl groups excluding tert-OH is 4. The van der Waals surface area contributed by atoms with Crippen molar-refractivity contribution in [1.29, 1.82) is 0 Å². The summed E-state index contributed by atoms with van der Waals surface area (Å²) in [5, 5.41) is 42.3. The van der Waals surface area contributed by atoms with E-state index in [-0.39, 0.29) is 0 Å². The Hall–Kier alpha value is -2.37. The van der Waals surface area contributed by atoms with E-state index in [4.69, 9.17) is 21.1 Å². The van der Waals surface area contributed by atoms with Gasteiger partial charge in [0.15, 0.2) is 0 Å². The highest BCUT2D eigenvalue weighted by Gasteiger charge is 2.44. The molecule has 1 aliphatic heterocycles. The van der Waals surface area contributed by atoms with E-state index in [2.05, 4.69) is 9.98 Å². The molecule has 168 valence electrons. The van der Waals surface area contributed by atoms with Crippen LogP contribution in [0.2, 0.25) is 5.02 Å². The summed E-state index contributed by atoms with van der Waals surface area (Å²) in [6.07, 6.45) is -4.93. The molecule has 2 aromatic carbocycles. The minimum atomic E-state index is -1.49. The molecule has 4 N–H and O–H groups in total. The van der Waals surface area contributed by atoms with Crippen molar-refractivity contribution in [2.75, 3.05) is 6.61 Å². The van der Waals surface area contributed by atoms with Gasteiger partial charge < -0.3 is 29.9 Å². The number of aliphatic hydroxyl groups is 4. The van der Waals surface area contributed by atoms with Gasteiger partial charge in [0.25, 0.3) is 0 Å². The SMILES string of the molecule is OC[C@H]1O[C@@H](Oc2ccc(-c3csc(/N=C/c4ccc(Cl)cc4)n3)cc2)[C@H](O)[C@@H](O)[C@@H]1O. The van der Waals surface area contributed by atoms with E-state index in [0.29, 0.717) is 15.9 Å². The number of halogens is 1. The Morgan fingerprint density at radius 3 is 2.44 bits per heavy atom. The lowest BCUT2D eigenvalue weighted by Gasteiger charge is -2.39. The van der Waals surface area contributed by atoms with Gasteiger partial charge in [0, 0.05) is 22.2 Å². The van der Waals surface area contributed by atoms with Crippen molar-refractivity contribution in [1.82, 2.24) is 4.98 Å². The van der Waals surface area contributed by atoms with Gasteiger partial charge in [-0.15, -0.1) is 11.3 Å². The summed E-state index contributed by atoms with van der Waals surface area (Å²) in [7, 11) is 0. The molecule has 10 heteroatoms. The Balaban J connectivity index is 1.41. The van der Waals surface area contributed by atoms with Crippen molar-refractivity contribution in [3.8, 4) is 17.0 Å². The Kier molecular flexibility index (Phi) is 7.17. The third-order valence-electron chi connectivity index (χ3n) is 4.94. The summed E-state index contributed by atoms with van der Waals surface area (Å²) >= 11 is 7.29. The second-order valence-corrected chi connectivity index (χ2v) is 8.44. The fraction of sp³-hybridized carbons (Fsp3) is 0.273. The standard InChI is InChI=1S/C22H21ClN2O6S/c23-14-5-1-12(2-6-14)9-24-22-25-16(11-32-22)13-3-7-15(8-4-13)30-21-20(29)19(28)18(27)17(10-26)31-21/h1-9,11,17-21,26-29H,10H2/b24-9+/t17-,18-,19+,20-,21-/m1/s1. The van der Waals surface area contributed by atoms with Crippen LogP contribution < -0.4 is 4.74 Å². The molecule has 8 nitrogen and oxygen atoms in total. The summed E-state index contributed by atoms with van der Waals surface area (Å²) in [5.41, 5.74) is 2.51. The average Bonchev–Trinajstić information content (AvgIpc) is 3.28. The molecule has 1 saturated heterocycles. The van der Waals surface area contributed by atoms with Gasteiger partial charge in [-0.25, -0.2) is 9.98 Å². The number of hydrogen-bond acceptors (Lipinski definition) is 9. The number of rotatable bonds is 6. The summed E-state index contributed by atoms with van der Waals surface area (Å²) in [5.74, 6) is 0.384. The van der Waals surface area contributed by atoms with E-state index in [1.807, 2.05) is 17.5 Å². The quantitative estimate of drug-likeness (QED) is 0.402. The molecule has 0 radical (unpaired) electrons. The first-order valence-corrected chi connectivity index (χ1v) is 11.0. The van der Waals surface area contributed by atoms with Crippen molar-refractivity contribution in [2.45, 2.75) is 30.7 Å². The summed E-state index contributed by atoms with van der Waals surface area (Å²) in [6, 6.07) is 14.3. The smallest absolute Gasteiger partial charge is 0.229 e. The van der Waals surface area contributed by atoms with Crippen molar-refractivity contribution in [3.63, 3.8) is 0 Å². The zero-order chi connectivity index (χ0) is 22.7. The zero-order valence-corrected chi connectivity index (χ0v) is 18.2. The summed E-state index contributed by atoms with van der Waals surface area (Å²) in [6.45, 7) is -0.517. The minimum Gasteiger partial charge on any atom is -0.462 e. The maximum atomic E-state index is 10.1. The van der Waals surface area contributed by atoms with Crippen LogP contribution in [-0.2, 0) is 4.74 Å². The number of hydrogen-bond donors (Lipinski definition) is 4. The largest absolute Gasteiger partial charge is 0.462 e. The van der Waals surface area contributed by atoms with Crippen LogP contribution in [0, 0.1) is 0 Å². The fourth-order valence-corrected chi connectivity index (χ4v) is 3.93. The molecule has 3 aromatic rings. The highest BCUT2D eigenvalue weighted by Crippen LogP contribution is 2.29. The molecule has 0 aliphatic carbocycles. The topological polar surface area (TPSA) is 125 Å². The first-order chi connectivity index (χ1) is 15.4. The second-order valence-electron chi connectivity index (χ2n) is 7.16. The van der Waals surface area contributed by atoms with Crippen molar-refractivity contribution in [3.05, 3.63) is 64.5 Å². The maximum Gasteiger partial charge on any atom is 0.229 e. The van der Waals surface area contributed by atoms with Crippen molar-refractivity contribution >= 4 is 34.3 Å². The molecular weight excluding hydrogens is 456 g/mol. The summed E-state index contributed by atoms with van der Waals surface area (Å²) < 4.78 is 11.0. The highest BCUT2D eigenvalue weighted by molar-refractivity contribution is 7.13. The predicted octanol–water partition coefficient (Wildman–Crippen LogP) is 2.39. The fourth-order valence-electron chi connectivity index (χ4n) is 3.14. The third-order valence-corrected chi connectivity index (χ3v) is 5.94. The highest BCUT2D eigenvalue weighted by atomic mass is 35.5. The molecule has 32 heavy (non-hydrogen) atoms. The van der Waals surface area contributed by atoms with Gasteiger partial charge in [-0.1, -0.05) is 23.7 Å². The van der Waals surface area contributed by atoms with Crippen LogP contribution in [0.4, 0.5) is 5.13 Å². The Labute approximate surface area is 193 Å². The van der Waals surface area contributed by atoms with E-state index in [1.54, 1.807) is 42.6 Å². The molecule has 5 atom stereocenters. The van der Waals surface area contributed by atoms with Gasteiger partial charge in [-0.2, -0.15) is 0 Å². The van der Waals surface area contributed by atoms with Gasteiger partial charge in [0.2, 0.25) is 11.4 Å². The molecule has 4 rings (SSSR count). The molecule has 0 unspecified atom stereocenters. The molecule has 0 saturated carbocycles. The predicted molar refractivity (Wildman–Crippen MR) is 121 cm³/mol. The Bertz CT molecular complexity index is 1060. The van der Waals surface area contributed by atoms with Crippen LogP contribution in [0.25, 0.3) is 11.3 Å². The third kappa shape index (κ3) is 5.16. The van der Waals surface area contributed by atoms with Crippen LogP contribution in [0.1, 0.15) is 5.56 Å². The minimum absolute atomic E-state index is 0.384. The molecular formula is C22H21ClN2O6S. The van der Waals surface area contributed by atoms with Gasteiger partial charge in [0.1, 0.15) is 30.2 Å². The number of benzene rings is 2. The van der Waals surface area contributed by atoms with Gasteiger partial charge >= 0.3 is 0 Å². The molecule has 1 aromatic heterocycles. The molecule has 0 amide bonds. The van der Waals surface area contributed by atoms with E-state index in [0.717, 1.165) is 16.8 Å². The second kappa shape index (κ2) is 10.1. The lowest BCUT2D eigenvalue weighted by atomic mass is 9.99. The van der Waals surface area contributed by atoms with E-state index in [1.165, 1.54) is 11.3 Å². The van der Waals surface area contributed by atoms with Gasteiger partial charge in [-0.3, -0.25) is 0 Å². The maximum absolute atomic E-state index is 10.1. The van der Waals surface area contributed by atoms with Crippen LogP contribution >= 0.6 is 22.9 Å². The lowest BCUT2D eigenvalue weighted by Crippen LogP contribution is -2.60. The monoisotopic (exact) mass is 476 g/mol. The molecule has 0 spiro atoms.